The van der Waals surface area contributed by atoms with Crippen LogP contribution in [0, 0.1) is 0 Å². The summed E-state index contributed by atoms with van der Waals surface area (Å²) in [5.74, 6) is 0.471. The Morgan fingerprint density at radius 1 is 1.57 bits per heavy atom. The quantitative estimate of drug-likeness (QED) is 0.639. The molecular weight excluding hydrogens is 220 g/mol. The normalized spacial score (nSPS) is 12.3. The fraction of sp³-hybridized carbons (Fsp3) is 0.300. The van der Waals surface area contributed by atoms with E-state index in [-0.39, 0.29) is 5.78 Å². The molecule has 0 heterocycles. The van der Waals surface area contributed by atoms with E-state index in [4.69, 9.17) is 16.3 Å². The molecule has 0 radical (unpaired) electrons. The van der Waals surface area contributed by atoms with Crippen LogP contribution in [0.25, 0.3) is 0 Å². The van der Waals surface area contributed by atoms with Crippen molar-refractivity contribution in [3.8, 4) is 5.75 Å². The molecule has 0 amide bonds. The minimum atomic E-state index is -0.696. The summed E-state index contributed by atoms with van der Waals surface area (Å²) in [6.45, 7) is 1.44. The molecule has 0 fully saturated rings. The van der Waals surface area contributed by atoms with Gasteiger partial charge in [-0.15, -0.1) is 24.2 Å². The van der Waals surface area contributed by atoms with Crippen LogP contribution in [0.3, 0.4) is 0 Å². The zero-order chi connectivity index (χ0) is 10.7. The third-order valence-corrected chi connectivity index (χ3v) is 2.79. The SMILES string of the molecule is COc1cccc(S)c1C(Cl)C(C)=O. The topological polar surface area (TPSA) is 26.3 Å². The number of Topliss-reactive ketones (excluding diaryl/α,β-unsaturated/α-hetero) is 1. The Hall–Kier alpha value is -0.670. The van der Waals surface area contributed by atoms with Gasteiger partial charge in [-0.25, -0.2) is 0 Å². The second-order valence-corrected chi connectivity index (χ2v) is 3.78. The highest BCUT2D eigenvalue weighted by molar-refractivity contribution is 7.80. The van der Waals surface area contributed by atoms with Crippen molar-refractivity contribution in [2.24, 2.45) is 0 Å². The second-order valence-electron chi connectivity index (χ2n) is 2.87. The molecule has 0 bridgehead atoms. The van der Waals surface area contributed by atoms with Crippen LogP contribution in [0.1, 0.15) is 17.9 Å². The zero-order valence-electron chi connectivity index (χ0n) is 7.95. The van der Waals surface area contributed by atoms with Gasteiger partial charge in [-0.1, -0.05) is 6.07 Å². The molecule has 1 aromatic rings. The average Bonchev–Trinajstić information content (AvgIpc) is 2.16. The van der Waals surface area contributed by atoms with E-state index >= 15 is 0 Å². The monoisotopic (exact) mass is 230 g/mol. The van der Waals surface area contributed by atoms with E-state index in [0.29, 0.717) is 16.2 Å². The lowest BCUT2D eigenvalue weighted by molar-refractivity contribution is -0.116. The maximum Gasteiger partial charge on any atom is 0.152 e. The first-order valence-electron chi connectivity index (χ1n) is 4.08. The number of ketones is 1. The summed E-state index contributed by atoms with van der Waals surface area (Å²) in [5, 5.41) is -0.696. The number of rotatable bonds is 3. The molecule has 0 aliphatic rings. The summed E-state index contributed by atoms with van der Waals surface area (Å²) in [5.41, 5.74) is 0.632. The van der Waals surface area contributed by atoms with Crippen LogP contribution in [0.15, 0.2) is 23.1 Å². The van der Waals surface area contributed by atoms with Crippen molar-refractivity contribution in [1.82, 2.24) is 0 Å². The summed E-state index contributed by atoms with van der Waals surface area (Å²) in [6.07, 6.45) is 0. The summed E-state index contributed by atoms with van der Waals surface area (Å²) in [7, 11) is 1.54. The van der Waals surface area contributed by atoms with E-state index in [1.54, 1.807) is 18.2 Å². The summed E-state index contributed by atoms with van der Waals surface area (Å²) in [4.78, 5) is 11.8. The van der Waals surface area contributed by atoms with E-state index < -0.39 is 5.38 Å². The minimum absolute atomic E-state index is 0.119. The molecular formula is C10H11ClO2S. The Balaban J connectivity index is 3.23. The maximum atomic E-state index is 11.1. The molecule has 1 aromatic carbocycles. The third-order valence-electron chi connectivity index (χ3n) is 1.87. The predicted molar refractivity (Wildman–Crippen MR) is 59.5 cm³/mol. The number of thiol groups is 1. The highest BCUT2D eigenvalue weighted by Gasteiger charge is 2.20. The van der Waals surface area contributed by atoms with Crippen molar-refractivity contribution in [2.75, 3.05) is 7.11 Å². The average molecular weight is 231 g/mol. The van der Waals surface area contributed by atoms with Gasteiger partial charge < -0.3 is 4.74 Å². The van der Waals surface area contributed by atoms with Gasteiger partial charge in [0.25, 0.3) is 0 Å². The van der Waals surface area contributed by atoms with Gasteiger partial charge in [-0.2, -0.15) is 0 Å². The van der Waals surface area contributed by atoms with Gasteiger partial charge in [-0.05, 0) is 19.1 Å². The van der Waals surface area contributed by atoms with Crippen LogP contribution < -0.4 is 4.74 Å². The van der Waals surface area contributed by atoms with Gasteiger partial charge in [0.15, 0.2) is 5.78 Å². The molecule has 4 heteroatoms. The number of halogens is 1. The summed E-state index contributed by atoms with van der Waals surface area (Å²) >= 11 is 10.2. The molecule has 0 saturated carbocycles. The van der Waals surface area contributed by atoms with Crippen molar-refractivity contribution in [3.63, 3.8) is 0 Å². The number of methoxy groups -OCH3 is 1. The Labute approximate surface area is 93.6 Å². The van der Waals surface area contributed by atoms with Crippen molar-refractivity contribution >= 4 is 30.0 Å². The number of alkyl halides is 1. The highest BCUT2D eigenvalue weighted by Crippen LogP contribution is 2.35. The van der Waals surface area contributed by atoms with Crippen molar-refractivity contribution < 1.29 is 9.53 Å². The number of hydrogen-bond acceptors (Lipinski definition) is 3. The Morgan fingerprint density at radius 3 is 2.71 bits per heavy atom. The molecule has 0 saturated heterocycles. The molecule has 1 unspecified atom stereocenters. The van der Waals surface area contributed by atoms with E-state index in [1.165, 1.54) is 14.0 Å². The van der Waals surface area contributed by atoms with Crippen LogP contribution in [0.2, 0.25) is 0 Å². The molecule has 0 aliphatic carbocycles. The predicted octanol–water partition coefficient (Wildman–Crippen LogP) is 2.85. The largest absolute Gasteiger partial charge is 0.496 e. The lowest BCUT2D eigenvalue weighted by atomic mass is 10.1. The second kappa shape index (κ2) is 4.71. The number of benzene rings is 1. The highest BCUT2D eigenvalue weighted by atomic mass is 35.5. The van der Waals surface area contributed by atoms with Crippen LogP contribution in [-0.2, 0) is 4.79 Å². The maximum absolute atomic E-state index is 11.1. The van der Waals surface area contributed by atoms with E-state index in [2.05, 4.69) is 12.6 Å². The third kappa shape index (κ3) is 2.22. The fourth-order valence-electron chi connectivity index (χ4n) is 1.17. The van der Waals surface area contributed by atoms with Gasteiger partial charge in [0, 0.05) is 10.5 Å². The van der Waals surface area contributed by atoms with Gasteiger partial charge in [0.1, 0.15) is 11.1 Å². The Bertz CT molecular complexity index is 352. The standard InChI is InChI=1S/C10H11ClO2S/c1-6(12)10(11)9-7(13-2)4-3-5-8(9)14/h3-5,10,14H,1-2H3. The van der Waals surface area contributed by atoms with Gasteiger partial charge in [0.2, 0.25) is 0 Å². The van der Waals surface area contributed by atoms with Crippen LogP contribution in [-0.4, -0.2) is 12.9 Å². The van der Waals surface area contributed by atoms with Crippen molar-refractivity contribution in [2.45, 2.75) is 17.2 Å². The lowest BCUT2D eigenvalue weighted by Gasteiger charge is -2.13. The molecule has 2 nitrogen and oxygen atoms in total. The number of carbonyl (C=O) groups excluding carboxylic acids is 1. The molecule has 76 valence electrons. The van der Waals surface area contributed by atoms with E-state index in [0.717, 1.165) is 0 Å². The molecule has 0 aliphatic heterocycles. The first kappa shape index (κ1) is 11.4. The van der Waals surface area contributed by atoms with Crippen LogP contribution in [0.4, 0.5) is 0 Å². The Morgan fingerprint density at radius 2 is 2.21 bits per heavy atom. The molecule has 14 heavy (non-hydrogen) atoms. The first-order chi connectivity index (χ1) is 6.57. The van der Waals surface area contributed by atoms with Crippen LogP contribution in [0.5, 0.6) is 5.75 Å². The molecule has 1 atom stereocenters. The van der Waals surface area contributed by atoms with Gasteiger partial charge in [-0.3, -0.25) is 4.79 Å². The van der Waals surface area contributed by atoms with Crippen molar-refractivity contribution in [1.29, 1.82) is 0 Å². The number of ether oxygens (including phenoxy) is 1. The number of hydrogen-bond donors (Lipinski definition) is 1. The molecule has 0 aromatic heterocycles. The molecule has 0 N–H and O–H groups in total. The molecule has 0 spiro atoms. The van der Waals surface area contributed by atoms with E-state index in [1.807, 2.05) is 0 Å². The summed E-state index contributed by atoms with van der Waals surface area (Å²) in [6, 6.07) is 5.33. The van der Waals surface area contributed by atoms with Gasteiger partial charge >= 0.3 is 0 Å². The minimum Gasteiger partial charge on any atom is -0.496 e. The van der Waals surface area contributed by atoms with Crippen LogP contribution >= 0.6 is 24.2 Å². The Kier molecular flexibility index (Phi) is 3.84. The zero-order valence-corrected chi connectivity index (χ0v) is 9.60. The number of carbonyl (C=O) groups is 1. The van der Waals surface area contributed by atoms with Crippen molar-refractivity contribution in [3.05, 3.63) is 23.8 Å². The fourth-order valence-corrected chi connectivity index (χ4v) is 1.79. The molecule has 1 rings (SSSR count). The smallest absolute Gasteiger partial charge is 0.152 e. The van der Waals surface area contributed by atoms with E-state index in [9.17, 15) is 4.79 Å². The summed E-state index contributed by atoms with van der Waals surface area (Å²) < 4.78 is 5.11. The lowest BCUT2D eigenvalue weighted by Crippen LogP contribution is -2.04. The van der Waals surface area contributed by atoms with Gasteiger partial charge in [0.05, 0.1) is 7.11 Å². The first-order valence-corrected chi connectivity index (χ1v) is 4.96.